The SMILES string of the molecule is CCn1cc(COc2ccc(C=O)cc2Br)cn1. The Hall–Kier alpha value is -1.62. The van der Waals surface area contributed by atoms with Crippen molar-refractivity contribution >= 4 is 22.2 Å². The molecule has 18 heavy (non-hydrogen) atoms. The Morgan fingerprint density at radius 2 is 2.33 bits per heavy atom. The van der Waals surface area contributed by atoms with Gasteiger partial charge in [-0.2, -0.15) is 5.10 Å². The van der Waals surface area contributed by atoms with Gasteiger partial charge in [-0.1, -0.05) is 0 Å². The van der Waals surface area contributed by atoms with Crippen molar-refractivity contribution in [1.82, 2.24) is 9.78 Å². The van der Waals surface area contributed by atoms with Crippen molar-refractivity contribution < 1.29 is 9.53 Å². The van der Waals surface area contributed by atoms with Gasteiger partial charge in [0, 0.05) is 23.9 Å². The van der Waals surface area contributed by atoms with Crippen molar-refractivity contribution in [2.75, 3.05) is 0 Å². The van der Waals surface area contributed by atoms with E-state index >= 15 is 0 Å². The van der Waals surface area contributed by atoms with Crippen LogP contribution in [0.2, 0.25) is 0 Å². The zero-order valence-corrected chi connectivity index (χ0v) is 11.6. The van der Waals surface area contributed by atoms with E-state index in [1.165, 1.54) is 0 Å². The average molecular weight is 309 g/mol. The largest absolute Gasteiger partial charge is 0.488 e. The van der Waals surface area contributed by atoms with Crippen LogP contribution < -0.4 is 4.74 Å². The third-order valence-corrected chi connectivity index (χ3v) is 3.12. The maximum atomic E-state index is 10.6. The summed E-state index contributed by atoms with van der Waals surface area (Å²) in [6.07, 6.45) is 4.55. The molecule has 0 unspecified atom stereocenters. The van der Waals surface area contributed by atoms with Crippen LogP contribution in [-0.4, -0.2) is 16.1 Å². The summed E-state index contributed by atoms with van der Waals surface area (Å²) in [6.45, 7) is 3.34. The second kappa shape index (κ2) is 5.82. The summed E-state index contributed by atoms with van der Waals surface area (Å²) < 4.78 is 8.29. The summed E-state index contributed by atoms with van der Waals surface area (Å²) >= 11 is 3.38. The van der Waals surface area contributed by atoms with Gasteiger partial charge in [0.25, 0.3) is 0 Å². The zero-order chi connectivity index (χ0) is 13.0. The molecule has 0 spiro atoms. The maximum Gasteiger partial charge on any atom is 0.150 e. The molecular weight excluding hydrogens is 296 g/mol. The molecular formula is C13H13BrN2O2. The molecule has 0 fully saturated rings. The first kappa shape index (κ1) is 12.8. The van der Waals surface area contributed by atoms with E-state index in [9.17, 15) is 4.79 Å². The fourth-order valence-electron chi connectivity index (χ4n) is 1.52. The predicted molar refractivity (Wildman–Crippen MR) is 71.8 cm³/mol. The van der Waals surface area contributed by atoms with Crippen LogP contribution in [0.3, 0.4) is 0 Å². The normalized spacial score (nSPS) is 10.3. The number of benzene rings is 1. The van der Waals surface area contributed by atoms with Crippen LogP contribution in [-0.2, 0) is 13.2 Å². The van der Waals surface area contributed by atoms with Gasteiger partial charge in [0.1, 0.15) is 18.6 Å². The van der Waals surface area contributed by atoms with E-state index in [0.717, 1.165) is 22.9 Å². The second-order valence-electron chi connectivity index (χ2n) is 3.80. The Morgan fingerprint density at radius 1 is 1.50 bits per heavy atom. The van der Waals surface area contributed by atoms with Gasteiger partial charge in [-0.25, -0.2) is 0 Å². The molecule has 0 radical (unpaired) electrons. The lowest BCUT2D eigenvalue weighted by Gasteiger charge is -2.07. The highest BCUT2D eigenvalue weighted by Gasteiger charge is 2.04. The molecule has 4 nitrogen and oxygen atoms in total. The summed E-state index contributed by atoms with van der Waals surface area (Å²) in [5.41, 5.74) is 1.64. The van der Waals surface area contributed by atoms with E-state index in [0.29, 0.717) is 17.9 Å². The summed E-state index contributed by atoms with van der Waals surface area (Å²) in [5.74, 6) is 0.713. The maximum absolute atomic E-state index is 10.6. The summed E-state index contributed by atoms with van der Waals surface area (Å²) in [6, 6.07) is 5.23. The monoisotopic (exact) mass is 308 g/mol. The number of halogens is 1. The highest BCUT2D eigenvalue weighted by atomic mass is 79.9. The Labute approximate surface area is 114 Å². The molecule has 0 atom stereocenters. The number of aryl methyl sites for hydroxylation is 1. The zero-order valence-electron chi connectivity index (χ0n) is 9.97. The molecule has 2 rings (SSSR count). The second-order valence-corrected chi connectivity index (χ2v) is 4.65. The van der Waals surface area contributed by atoms with Gasteiger partial charge in [0.05, 0.1) is 10.7 Å². The van der Waals surface area contributed by atoms with Gasteiger partial charge in [-0.15, -0.1) is 0 Å². The number of carbonyl (C=O) groups excluding carboxylic acids is 1. The number of hydrogen-bond donors (Lipinski definition) is 0. The van der Waals surface area contributed by atoms with E-state index in [1.54, 1.807) is 24.4 Å². The van der Waals surface area contributed by atoms with Gasteiger partial charge in [-0.3, -0.25) is 9.48 Å². The van der Waals surface area contributed by atoms with E-state index in [4.69, 9.17) is 4.74 Å². The minimum Gasteiger partial charge on any atom is -0.488 e. The van der Waals surface area contributed by atoms with Crippen molar-refractivity contribution in [3.63, 3.8) is 0 Å². The lowest BCUT2D eigenvalue weighted by Crippen LogP contribution is -1.96. The van der Waals surface area contributed by atoms with Gasteiger partial charge in [0.15, 0.2) is 0 Å². The van der Waals surface area contributed by atoms with Crippen LogP contribution >= 0.6 is 15.9 Å². The first-order valence-electron chi connectivity index (χ1n) is 5.61. The van der Waals surface area contributed by atoms with Crippen LogP contribution in [0.5, 0.6) is 5.75 Å². The molecule has 0 amide bonds. The molecule has 1 heterocycles. The molecule has 0 aliphatic heterocycles. The lowest BCUT2D eigenvalue weighted by molar-refractivity contribution is 0.112. The molecule has 1 aromatic heterocycles. The molecule has 0 saturated heterocycles. The Morgan fingerprint density at radius 3 is 2.94 bits per heavy atom. The molecule has 94 valence electrons. The van der Waals surface area contributed by atoms with Crippen molar-refractivity contribution in [3.8, 4) is 5.75 Å². The summed E-state index contributed by atoms with van der Waals surface area (Å²) in [4.78, 5) is 10.6. The first-order chi connectivity index (χ1) is 8.72. The van der Waals surface area contributed by atoms with Gasteiger partial charge in [-0.05, 0) is 41.1 Å². The van der Waals surface area contributed by atoms with Crippen molar-refractivity contribution in [2.45, 2.75) is 20.1 Å². The number of rotatable bonds is 5. The molecule has 0 aliphatic rings. The van der Waals surface area contributed by atoms with Crippen molar-refractivity contribution in [3.05, 3.63) is 46.2 Å². The lowest BCUT2D eigenvalue weighted by atomic mass is 10.2. The molecule has 0 aliphatic carbocycles. The standard InChI is InChI=1S/C13H13BrN2O2/c1-2-16-7-11(6-15-16)9-18-13-4-3-10(8-17)5-12(13)14/h3-8H,2,9H2,1H3. The predicted octanol–water partition coefficient (Wildman–Crippen LogP) is 3.06. The number of aromatic nitrogens is 2. The Bertz CT molecular complexity index is 552. The number of carbonyl (C=O) groups is 1. The van der Waals surface area contributed by atoms with Crippen LogP contribution in [0.4, 0.5) is 0 Å². The molecule has 0 saturated carbocycles. The van der Waals surface area contributed by atoms with E-state index in [1.807, 2.05) is 17.8 Å². The summed E-state index contributed by atoms with van der Waals surface area (Å²) in [7, 11) is 0. The van der Waals surface area contributed by atoms with Gasteiger partial charge in [0.2, 0.25) is 0 Å². The number of ether oxygens (including phenoxy) is 1. The molecule has 1 aromatic carbocycles. The van der Waals surface area contributed by atoms with E-state index < -0.39 is 0 Å². The van der Waals surface area contributed by atoms with E-state index in [-0.39, 0.29) is 0 Å². The Balaban J connectivity index is 2.03. The third-order valence-electron chi connectivity index (χ3n) is 2.50. The van der Waals surface area contributed by atoms with Crippen molar-refractivity contribution in [2.24, 2.45) is 0 Å². The van der Waals surface area contributed by atoms with Crippen LogP contribution in [0, 0.1) is 0 Å². The molecule has 5 heteroatoms. The van der Waals surface area contributed by atoms with Crippen LogP contribution in [0.1, 0.15) is 22.8 Å². The van der Waals surface area contributed by atoms with E-state index in [2.05, 4.69) is 21.0 Å². The number of nitrogens with zero attached hydrogens (tertiary/aromatic N) is 2. The van der Waals surface area contributed by atoms with Gasteiger partial charge < -0.3 is 4.74 Å². The fourth-order valence-corrected chi connectivity index (χ4v) is 2.03. The average Bonchev–Trinajstić information content (AvgIpc) is 2.85. The molecule has 0 bridgehead atoms. The number of hydrogen-bond acceptors (Lipinski definition) is 3. The number of aldehydes is 1. The quantitative estimate of drug-likeness (QED) is 0.797. The summed E-state index contributed by atoms with van der Waals surface area (Å²) in [5, 5.41) is 4.18. The third kappa shape index (κ3) is 2.98. The molecule has 2 aromatic rings. The minimum atomic E-state index is 0.457. The van der Waals surface area contributed by atoms with Crippen LogP contribution in [0.25, 0.3) is 0 Å². The Kier molecular flexibility index (Phi) is 4.15. The highest BCUT2D eigenvalue weighted by molar-refractivity contribution is 9.10. The highest BCUT2D eigenvalue weighted by Crippen LogP contribution is 2.26. The van der Waals surface area contributed by atoms with Crippen molar-refractivity contribution in [1.29, 1.82) is 0 Å². The molecule has 0 N–H and O–H groups in total. The first-order valence-corrected chi connectivity index (χ1v) is 6.41. The van der Waals surface area contributed by atoms with Crippen LogP contribution in [0.15, 0.2) is 35.1 Å². The topological polar surface area (TPSA) is 44.1 Å². The smallest absolute Gasteiger partial charge is 0.150 e. The van der Waals surface area contributed by atoms with Gasteiger partial charge >= 0.3 is 0 Å². The minimum absolute atomic E-state index is 0.457. The fraction of sp³-hybridized carbons (Fsp3) is 0.231.